The first-order chi connectivity index (χ1) is 12.6. The number of amides is 1. The van der Waals surface area contributed by atoms with E-state index in [1.807, 2.05) is 26.0 Å². The minimum absolute atomic E-state index is 0.00910. The summed E-state index contributed by atoms with van der Waals surface area (Å²) in [5, 5.41) is 2.75. The first-order valence-corrected chi connectivity index (χ1v) is 10.7. The van der Waals surface area contributed by atoms with Gasteiger partial charge >= 0.3 is 0 Å². The summed E-state index contributed by atoms with van der Waals surface area (Å²) in [6.07, 6.45) is 0. The Morgan fingerprint density at radius 3 is 2.44 bits per heavy atom. The van der Waals surface area contributed by atoms with E-state index >= 15 is 0 Å². The number of benzene rings is 2. The van der Waals surface area contributed by atoms with Gasteiger partial charge in [0.2, 0.25) is 15.9 Å². The molecule has 0 heterocycles. The fraction of sp³-hybridized carbons (Fsp3) is 0.316. The molecule has 146 valence electrons. The molecule has 27 heavy (non-hydrogen) atoms. The van der Waals surface area contributed by atoms with E-state index in [1.54, 1.807) is 6.07 Å². The Morgan fingerprint density at radius 1 is 1.15 bits per heavy atom. The third-order valence-electron chi connectivity index (χ3n) is 3.90. The molecular formula is C19H24N2O4S2. The SMILES string of the molecule is COc1ccc(NC(=O)CSc2ccc(C)cc2C)cc1S(=O)(=O)N(C)C. The number of thioether (sulfide) groups is 1. The summed E-state index contributed by atoms with van der Waals surface area (Å²) < 4.78 is 31.2. The second kappa shape index (κ2) is 8.77. The van der Waals surface area contributed by atoms with Crippen LogP contribution in [0.4, 0.5) is 5.69 Å². The Labute approximate surface area is 165 Å². The molecule has 1 amide bonds. The largest absolute Gasteiger partial charge is 0.495 e. The monoisotopic (exact) mass is 408 g/mol. The number of hydrogen-bond acceptors (Lipinski definition) is 5. The van der Waals surface area contributed by atoms with Gasteiger partial charge in [0.15, 0.2) is 0 Å². The molecule has 0 bridgehead atoms. The Bertz CT molecular complexity index is 941. The summed E-state index contributed by atoms with van der Waals surface area (Å²) in [4.78, 5) is 13.3. The van der Waals surface area contributed by atoms with E-state index in [4.69, 9.17) is 4.74 Å². The molecule has 2 aromatic rings. The lowest BCUT2D eigenvalue weighted by Gasteiger charge is -2.16. The lowest BCUT2D eigenvalue weighted by atomic mass is 10.2. The van der Waals surface area contributed by atoms with E-state index < -0.39 is 10.0 Å². The van der Waals surface area contributed by atoms with E-state index in [-0.39, 0.29) is 22.3 Å². The van der Waals surface area contributed by atoms with Crippen LogP contribution in [0.3, 0.4) is 0 Å². The van der Waals surface area contributed by atoms with Crippen molar-refractivity contribution in [3.63, 3.8) is 0 Å². The topological polar surface area (TPSA) is 75.7 Å². The van der Waals surface area contributed by atoms with E-state index in [0.717, 1.165) is 14.8 Å². The van der Waals surface area contributed by atoms with Crippen molar-refractivity contribution in [2.45, 2.75) is 23.6 Å². The Kier molecular flexibility index (Phi) is 6.91. The fourth-order valence-corrected chi connectivity index (χ4v) is 4.34. The van der Waals surface area contributed by atoms with Crippen molar-refractivity contribution in [1.82, 2.24) is 4.31 Å². The van der Waals surface area contributed by atoms with Gasteiger partial charge in [-0.3, -0.25) is 4.79 Å². The van der Waals surface area contributed by atoms with Gasteiger partial charge < -0.3 is 10.1 Å². The number of carbonyl (C=O) groups excluding carboxylic acids is 1. The molecule has 0 saturated carbocycles. The quantitative estimate of drug-likeness (QED) is 0.712. The van der Waals surface area contributed by atoms with Gasteiger partial charge in [0, 0.05) is 24.7 Å². The summed E-state index contributed by atoms with van der Waals surface area (Å²) >= 11 is 1.44. The van der Waals surface area contributed by atoms with Crippen LogP contribution in [0.5, 0.6) is 5.75 Å². The lowest BCUT2D eigenvalue weighted by Crippen LogP contribution is -2.23. The van der Waals surface area contributed by atoms with Crippen LogP contribution in [0, 0.1) is 13.8 Å². The first kappa shape index (κ1) is 21.3. The summed E-state index contributed by atoms with van der Waals surface area (Å²) in [5.74, 6) is 0.246. The molecule has 0 atom stereocenters. The van der Waals surface area contributed by atoms with Gasteiger partial charge in [0.05, 0.1) is 12.9 Å². The first-order valence-electron chi connectivity index (χ1n) is 8.25. The van der Waals surface area contributed by atoms with Gasteiger partial charge in [0.25, 0.3) is 0 Å². The minimum Gasteiger partial charge on any atom is -0.495 e. The van der Waals surface area contributed by atoms with Crippen molar-refractivity contribution in [1.29, 1.82) is 0 Å². The highest BCUT2D eigenvalue weighted by atomic mass is 32.2. The van der Waals surface area contributed by atoms with E-state index in [2.05, 4.69) is 11.4 Å². The molecule has 0 unspecified atom stereocenters. The van der Waals surface area contributed by atoms with Gasteiger partial charge in [-0.1, -0.05) is 17.7 Å². The van der Waals surface area contributed by atoms with Gasteiger partial charge in [0.1, 0.15) is 10.6 Å². The Balaban J connectivity index is 2.14. The van der Waals surface area contributed by atoms with Crippen LogP contribution >= 0.6 is 11.8 Å². The number of nitrogens with zero attached hydrogens (tertiary/aromatic N) is 1. The van der Waals surface area contributed by atoms with Crippen molar-refractivity contribution in [2.24, 2.45) is 0 Å². The van der Waals surface area contributed by atoms with Crippen molar-refractivity contribution in [3.05, 3.63) is 47.5 Å². The molecule has 0 saturated heterocycles. The molecule has 2 rings (SSSR count). The van der Waals surface area contributed by atoms with Crippen LogP contribution in [-0.4, -0.2) is 45.6 Å². The van der Waals surface area contributed by atoms with Crippen molar-refractivity contribution in [3.8, 4) is 5.75 Å². The molecule has 0 aromatic heterocycles. The smallest absolute Gasteiger partial charge is 0.246 e. The fourth-order valence-electron chi connectivity index (χ4n) is 2.45. The summed E-state index contributed by atoms with van der Waals surface area (Å²) in [6, 6.07) is 10.6. The number of rotatable bonds is 7. The molecule has 2 aromatic carbocycles. The van der Waals surface area contributed by atoms with Crippen LogP contribution in [0.15, 0.2) is 46.2 Å². The normalized spacial score (nSPS) is 11.5. The zero-order valence-corrected chi connectivity index (χ0v) is 17.7. The summed E-state index contributed by atoms with van der Waals surface area (Å²) in [5.41, 5.74) is 2.70. The zero-order chi connectivity index (χ0) is 20.2. The maximum absolute atomic E-state index is 12.5. The van der Waals surface area contributed by atoms with Crippen LogP contribution in [-0.2, 0) is 14.8 Å². The number of sulfonamides is 1. The highest BCUT2D eigenvalue weighted by Gasteiger charge is 2.23. The van der Waals surface area contributed by atoms with Crippen LogP contribution in [0.1, 0.15) is 11.1 Å². The maximum Gasteiger partial charge on any atom is 0.246 e. The number of ether oxygens (including phenoxy) is 1. The number of anilines is 1. The molecule has 6 nitrogen and oxygen atoms in total. The summed E-state index contributed by atoms with van der Waals surface area (Å²) in [7, 11) is 0.605. The van der Waals surface area contributed by atoms with Crippen LogP contribution < -0.4 is 10.1 Å². The standard InChI is InChI=1S/C19H24N2O4S2/c1-13-6-9-17(14(2)10-13)26-12-19(22)20-15-7-8-16(25-5)18(11-15)27(23,24)21(3)4/h6-11H,12H2,1-5H3,(H,20,22). The molecule has 0 fully saturated rings. The van der Waals surface area contributed by atoms with Gasteiger partial charge in [-0.2, -0.15) is 0 Å². The van der Waals surface area contributed by atoms with Gasteiger partial charge in [-0.15, -0.1) is 11.8 Å². The Morgan fingerprint density at radius 2 is 1.85 bits per heavy atom. The number of nitrogens with one attached hydrogen (secondary N) is 1. The number of carbonyl (C=O) groups is 1. The van der Waals surface area contributed by atoms with Crippen LogP contribution in [0.25, 0.3) is 0 Å². The average molecular weight is 409 g/mol. The molecule has 1 N–H and O–H groups in total. The minimum atomic E-state index is -3.69. The van der Waals surface area contributed by atoms with Crippen molar-refractivity contribution >= 4 is 33.4 Å². The van der Waals surface area contributed by atoms with E-state index in [9.17, 15) is 13.2 Å². The molecule has 8 heteroatoms. The van der Waals surface area contributed by atoms with Crippen LogP contribution in [0.2, 0.25) is 0 Å². The Hall–Kier alpha value is -2.03. The van der Waals surface area contributed by atoms with Crippen molar-refractivity contribution < 1.29 is 17.9 Å². The van der Waals surface area contributed by atoms with Gasteiger partial charge in [-0.05, 0) is 43.7 Å². The maximum atomic E-state index is 12.5. The molecule has 0 aliphatic carbocycles. The highest BCUT2D eigenvalue weighted by molar-refractivity contribution is 8.00. The molecule has 0 radical (unpaired) electrons. The predicted molar refractivity (Wildman–Crippen MR) is 109 cm³/mol. The number of aryl methyl sites for hydroxylation is 2. The summed E-state index contributed by atoms with van der Waals surface area (Å²) in [6.45, 7) is 4.03. The second-order valence-corrected chi connectivity index (χ2v) is 9.40. The number of methoxy groups -OCH3 is 1. The molecule has 0 aliphatic heterocycles. The zero-order valence-electron chi connectivity index (χ0n) is 16.1. The highest BCUT2D eigenvalue weighted by Crippen LogP contribution is 2.29. The predicted octanol–water partition coefficient (Wildman–Crippen LogP) is 3.29. The third-order valence-corrected chi connectivity index (χ3v) is 6.91. The number of hydrogen-bond donors (Lipinski definition) is 1. The second-order valence-electron chi connectivity index (χ2n) is 6.26. The molecular weight excluding hydrogens is 384 g/mol. The molecule has 0 aliphatic rings. The van der Waals surface area contributed by atoms with E-state index in [1.165, 1.54) is 50.7 Å². The van der Waals surface area contributed by atoms with Crippen molar-refractivity contribution in [2.75, 3.05) is 32.3 Å². The van der Waals surface area contributed by atoms with E-state index in [0.29, 0.717) is 5.69 Å². The molecule has 0 spiro atoms. The average Bonchev–Trinajstić information content (AvgIpc) is 2.60. The van der Waals surface area contributed by atoms with Gasteiger partial charge in [-0.25, -0.2) is 12.7 Å². The third kappa shape index (κ3) is 5.24. The lowest BCUT2D eigenvalue weighted by molar-refractivity contribution is -0.113.